The van der Waals surface area contributed by atoms with Crippen molar-refractivity contribution in [3.63, 3.8) is 0 Å². The van der Waals surface area contributed by atoms with E-state index in [0.29, 0.717) is 18.6 Å². The molecular formula is C16H20O3. The zero-order valence-electron chi connectivity index (χ0n) is 11.9. The Labute approximate surface area is 114 Å². The number of ketones is 1. The Kier molecular flexibility index (Phi) is 3.25. The van der Waals surface area contributed by atoms with Crippen LogP contribution in [0.4, 0.5) is 0 Å². The third kappa shape index (κ3) is 2.07. The summed E-state index contributed by atoms with van der Waals surface area (Å²) in [5.41, 5.74) is 0.371. The van der Waals surface area contributed by atoms with Crippen LogP contribution in [0.25, 0.3) is 0 Å². The molecule has 0 radical (unpaired) electrons. The average Bonchev–Trinajstić information content (AvgIpc) is 2.36. The van der Waals surface area contributed by atoms with Gasteiger partial charge < -0.3 is 4.74 Å². The van der Waals surface area contributed by atoms with E-state index in [2.05, 4.69) is 13.8 Å². The summed E-state index contributed by atoms with van der Waals surface area (Å²) in [5, 5.41) is 0. The fourth-order valence-electron chi connectivity index (χ4n) is 3.08. The summed E-state index contributed by atoms with van der Waals surface area (Å²) in [6.07, 6.45) is 0.481. The molecule has 3 heteroatoms. The smallest absolute Gasteiger partial charge is 0.319 e. The molecule has 2 rings (SSSR count). The molecule has 0 saturated carbocycles. The fraction of sp³-hybridized carbons (Fsp3) is 0.500. The second-order valence-electron chi connectivity index (χ2n) is 5.99. The number of fused-ring (bicyclic) bond motifs is 1. The van der Waals surface area contributed by atoms with Crippen LogP contribution in [-0.2, 0) is 14.9 Å². The Morgan fingerprint density at radius 2 is 1.89 bits per heavy atom. The van der Waals surface area contributed by atoms with Crippen LogP contribution in [0.15, 0.2) is 24.3 Å². The van der Waals surface area contributed by atoms with Gasteiger partial charge in [0.05, 0.1) is 6.61 Å². The van der Waals surface area contributed by atoms with Gasteiger partial charge in [-0.15, -0.1) is 0 Å². The maximum Gasteiger partial charge on any atom is 0.319 e. The van der Waals surface area contributed by atoms with Crippen LogP contribution >= 0.6 is 0 Å². The maximum absolute atomic E-state index is 12.6. The molecule has 0 amide bonds. The molecule has 0 bridgehead atoms. The zero-order valence-corrected chi connectivity index (χ0v) is 11.9. The molecule has 0 saturated heterocycles. The van der Waals surface area contributed by atoms with Gasteiger partial charge in [-0.1, -0.05) is 38.1 Å². The predicted octanol–water partition coefficient (Wildman–Crippen LogP) is 3.12. The van der Waals surface area contributed by atoms with Gasteiger partial charge in [0.1, 0.15) is 5.41 Å². The first-order chi connectivity index (χ1) is 8.83. The van der Waals surface area contributed by atoms with Gasteiger partial charge in [0.2, 0.25) is 0 Å². The topological polar surface area (TPSA) is 43.4 Å². The third-order valence-corrected chi connectivity index (χ3v) is 3.92. The van der Waals surface area contributed by atoms with Crippen molar-refractivity contribution >= 4 is 11.8 Å². The van der Waals surface area contributed by atoms with Crippen LogP contribution < -0.4 is 0 Å². The predicted molar refractivity (Wildman–Crippen MR) is 73.2 cm³/mol. The van der Waals surface area contributed by atoms with E-state index < -0.39 is 11.4 Å². The summed E-state index contributed by atoms with van der Waals surface area (Å²) in [5.74, 6) is -0.538. The van der Waals surface area contributed by atoms with Gasteiger partial charge in [0.25, 0.3) is 0 Å². The van der Waals surface area contributed by atoms with Crippen molar-refractivity contribution in [1.82, 2.24) is 0 Å². The summed E-state index contributed by atoms with van der Waals surface area (Å²) in [6, 6.07) is 7.54. The van der Waals surface area contributed by atoms with Gasteiger partial charge in [0.15, 0.2) is 5.78 Å². The van der Waals surface area contributed by atoms with Gasteiger partial charge in [-0.25, -0.2) is 0 Å². The van der Waals surface area contributed by atoms with E-state index >= 15 is 0 Å². The second kappa shape index (κ2) is 4.48. The number of Topliss-reactive ketones (excluding diaryl/α,β-unsaturated/α-hetero) is 1. The Hall–Kier alpha value is -1.64. The van der Waals surface area contributed by atoms with Crippen LogP contribution in [-0.4, -0.2) is 18.4 Å². The quantitative estimate of drug-likeness (QED) is 0.606. The number of esters is 1. The fourth-order valence-corrected chi connectivity index (χ4v) is 3.08. The van der Waals surface area contributed by atoms with Crippen LogP contribution in [0, 0.1) is 5.41 Å². The third-order valence-electron chi connectivity index (χ3n) is 3.92. The highest BCUT2D eigenvalue weighted by molar-refractivity contribution is 6.14. The molecule has 0 fully saturated rings. The van der Waals surface area contributed by atoms with E-state index in [-0.39, 0.29) is 11.2 Å². The summed E-state index contributed by atoms with van der Waals surface area (Å²) < 4.78 is 5.10. The van der Waals surface area contributed by atoms with Crippen molar-refractivity contribution in [2.24, 2.45) is 5.41 Å². The first-order valence-corrected chi connectivity index (χ1v) is 6.64. The van der Waals surface area contributed by atoms with Crippen molar-refractivity contribution in [3.05, 3.63) is 35.4 Å². The number of carbonyl (C=O) groups is 2. The molecule has 19 heavy (non-hydrogen) atoms. The molecule has 1 aliphatic carbocycles. The van der Waals surface area contributed by atoms with E-state index in [9.17, 15) is 9.59 Å². The lowest BCUT2D eigenvalue weighted by Gasteiger charge is -2.41. The summed E-state index contributed by atoms with van der Waals surface area (Å²) >= 11 is 0. The normalized spacial score (nSPS) is 24.7. The van der Waals surface area contributed by atoms with Crippen molar-refractivity contribution in [3.8, 4) is 0 Å². The number of hydrogen-bond acceptors (Lipinski definition) is 3. The van der Waals surface area contributed by atoms with E-state index in [1.165, 1.54) is 0 Å². The first-order valence-electron chi connectivity index (χ1n) is 6.64. The van der Waals surface area contributed by atoms with Crippen molar-refractivity contribution < 1.29 is 14.3 Å². The molecule has 102 valence electrons. The Morgan fingerprint density at radius 1 is 1.26 bits per heavy atom. The molecule has 0 N–H and O–H groups in total. The molecule has 1 aliphatic rings. The first kappa shape index (κ1) is 13.8. The molecule has 1 aromatic rings. The highest BCUT2D eigenvalue weighted by Gasteiger charge is 2.51. The van der Waals surface area contributed by atoms with Crippen LogP contribution in [0.1, 0.15) is 50.0 Å². The van der Waals surface area contributed by atoms with Gasteiger partial charge in [-0.3, -0.25) is 9.59 Å². The van der Waals surface area contributed by atoms with E-state index in [0.717, 1.165) is 5.56 Å². The van der Waals surface area contributed by atoms with Gasteiger partial charge >= 0.3 is 5.97 Å². The number of benzene rings is 1. The number of ether oxygens (including phenoxy) is 1. The lowest BCUT2D eigenvalue weighted by molar-refractivity contribution is -0.152. The Balaban J connectivity index is 2.54. The van der Waals surface area contributed by atoms with Gasteiger partial charge in [-0.2, -0.15) is 0 Å². The number of rotatable bonds is 2. The standard InChI is InChI=1S/C16H20O3/c1-5-19-14(18)16(4)10-15(2,3)12-9-7-6-8-11(12)13(16)17/h6-9H,5,10H2,1-4H3/t16-/m1/s1. The molecule has 3 nitrogen and oxygen atoms in total. The SMILES string of the molecule is CCOC(=O)[C@]1(C)CC(C)(C)c2ccccc2C1=O. The molecule has 0 unspecified atom stereocenters. The van der Waals surface area contributed by atoms with E-state index in [1.807, 2.05) is 18.2 Å². The number of hydrogen-bond donors (Lipinski definition) is 0. The molecule has 0 aliphatic heterocycles. The van der Waals surface area contributed by atoms with Crippen molar-refractivity contribution in [2.75, 3.05) is 6.61 Å². The molecular weight excluding hydrogens is 240 g/mol. The minimum absolute atomic E-state index is 0.124. The Morgan fingerprint density at radius 3 is 2.53 bits per heavy atom. The zero-order chi connectivity index (χ0) is 14.3. The maximum atomic E-state index is 12.6. The van der Waals surface area contributed by atoms with Crippen LogP contribution in [0.5, 0.6) is 0 Å². The second-order valence-corrected chi connectivity index (χ2v) is 5.99. The van der Waals surface area contributed by atoms with E-state index in [4.69, 9.17) is 4.74 Å². The lowest BCUT2D eigenvalue weighted by Crippen LogP contribution is -2.47. The summed E-state index contributed by atoms with van der Waals surface area (Å²) in [4.78, 5) is 24.8. The molecule has 0 spiro atoms. The van der Waals surface area contributed by atoms with Gasteiger partial charge in [-0.05, 0) is 31.2 Å². The molecule has 0 aromatic heterocycles. The highest BCUT2D eigenvalue weighted by Crippen LogP contribution is 2.46. The molecule has 1 aromatic carbocycles. The molecule has 1 atom stereocenters. The van der Waals surface area contributed by atoms with Crippen LogP contribution in [0.3, 0.4) is 0 Å². The lowest BCUT2D eigenvalue weighted by atomic mass is 9.61. The largest absolute Gasteiger partial charge is 0.465 e. The Bertz CT molecular complexity index is 531. The van der Waals surface area contributed by atoms with Gasteiger partial charge in [0, 0.05) is 5.56 Å². The number of carbonyl (C=O) groups excluding carboxylic acids is 2. The minimum atomic E-state index is -1.08. The summed E-state index contributed by atoms with van der Waals surface area (Å²) in [6.45, 7) is 7.88. The molecule has 0 heterocycles. The van der Waals surface area contributed by atoms with Crippen molar-refractivity contribution in [2.45, 2.75) is 39.5 Å². The minimum Gasteiger partial charge on any atom is -0.465 e. The summed E-state index contributed by atoms with van der Waals surface area (Å²) in [7, 11) is 0. The highest BCUT2D eigenvalue weighted by atomic mass is 16.5. The monoisotopic (exact) mass is 260 g/mol. The van der Waals surface area contributed by atoms with Crippen molar-refractivity contribution in [1.29, 1.82) is 0 Å². The van der Waals surface area contributed by atoms with Crippen LogP contribution in [0.2, 0.25) is 0 Å². The van der Waals surface area contributed by atoms with E-state index in [1.54, 1.807) is 19.9 Å². The average molecular weight is 260 g/mol.